The highest BCUT2D eigenvalue weighted by Gasteiger charge is 2.22. The molecule has 0 aromatic heterocycles. The largest absolute Gasteiger partial charge is 0.493 e. The molecule has 2 rings (SSSR count). The Labute approximate surface area is 162 Å². The van der Waals surface area contributed by atoms with E-state index in [1.807, 2.05) is 19.1 Å². The number of benzene rings is 2. The molecule has 0 fully saturated rings. The van der Waals surface area contributed by atoms with E-state index >= 15 is 0 Å². The van der Waals surface area contributed by atoms with Crippen LogP contribution in [0.3, 0.4) is 0 Å². The Bertz CT molecular complexity index is 847. The molecule has 0 aliphatic heterocycles. The summed E-state index contributed by atoms with van der Waals surface area (Å²) in [5.74, 6) is 1.36. The van der Waals surface area contributed by atoms with Crippen molar-refractivity contribution in [2.75, 3.05) is 14.2 Å². The number of sulfonamides is 1. The van der Waals surface area contributed by atoms with Gasteiger partial charge in [-0.2, -0.15) is 0 Å². The molecule has 0 bridgehead atoms. The Balaban J connectivity index is 2.26. The van der Waals surface area contributed by atoms with Gasteiger partial charge in [0.2, 0.25) is 10.0 Å². The lowest BCUT2D eigenvalue weighted by molar-refractivity contribution is 0.354. The van der Waals surface area contributed by atoms with E-state index in [2.05, 4.69) is 30.7 Å². The zero-order valence-electron chi connectivity index (χ0n) is 16.7. The Kier molecular flexibility index (Phi) is 7.27. The third kappa shape index (κ3) is 5.02. The van der Waals surface area contributed by atoms with Gasteiger partial charge in [-0.1, -0.05) is 45.0 Å². The number of hydrogen-bond acceptors (Lipinski definition) is 4. The number of methoxy groups -OCH3 is 2. The molecule has 0 spiro atoms. The van der Waals surface area contributed by atoms with Gasteiger partial charge in [0.1, 0.15) is 0 Å². The van der Waals surface area contributed by atoms with Gasteiger partial charge in [0, 0.05) is 12.1 Å². The minimum Gasteiger partial charge on any atom is -0.493 e. The predicted octanol–water partition coefficient (Wildman–Crippen LogP) is 4.65. The molecule has 5 nitrogen and oxygen atoms in total. The van der Waals surface area contributed by atoms with Crippen LogP contribution in [0.15, 0.2) is 47.4 Å². The lowest BCUT2D eigenvalue weighted by Gasteiger charge is -2.19. The highest BCUT2D eigenvalue weighted by atomic mass is 32.2. The first-order chi connectivity index (χ1) is 12.9. The molecule has 2 atom stereocenters. The Morgan fingerprint density at radius 3 is 2.00 bits per heavy atom. The fourth-order valence-electron chi connectivity index (χ4n) is 2.92. The second-order valence-electron chi connectivity index (χ2n) is 6.57. The molecular weight excluding hydrogens is 362 g/mol. The zero-order valence-corrected chi connectivity index (χ0v) is 17.5. The maximum atomic E-state index is 12.9. The Morgan fingerprint density at radius 2 is 1.48 bits per heavy atom. The minimum atomic E-state index is -3.69. The van der Waals surface area contributed by atoms with Crippen molar-refractivity contribution in [3.05, 3.63) is 53.6 Å². The Morgan fingerprint density at radius 1 is 0.889 bits per heavy atom. The standard InChI is InChI=1S/C21H29NO4S/c1-6-15(3)16-8-10-17(11-9-16)19(7-2)22-27(23,24)18-12-13-20(25-4)21(14-18)26-5/h8-15,19,22H,6-7H2,1-5H3. The van der Waals surface area contributed by atoms with Crippen LogP contribution in [0, 0.1) is 0 Å². The average Bonchev–Trinajstić information content (AvgIpc) is 2.70. The average molecular weight is 392 g/mol. The number of rotatable bonds is 9. The molecule has 2 unspecified atom stereocenters. The van der Waals surface area contributed by atoms with Crippen molar-refractivity contribution in [1.82, 2.24) is 4.72 Å². The fraction of sp³-hybridized carbons (Fsp3) is 0.429. The number of nitrogens with one attached hydrogen (secondary N) is 1. The van der Waals surface area contributed by atoms with E-state index in [-0.39, 0.29) is 10.9 Å². The number of ether oxygens (including phenoxy) is 2. The van der Waals surface area contributed by atoms with Crippen LogP contribution in [0.5, 0.6) is 11.5 Å². The van der Waals surface area contributed by atoms with Crippen LogP contribution in [0.1, 0.15) is 56.7 Å². The highest BCUT2D eigenvalue weighted by molar-refractivity contribution is 7.89. The van der Waals surface area contributed by atoms with E-state index in [0.29, 0.717) is 23.8 Å². The quantitative estimate of drug-likeness (QED) is 0.676. The van der Waals surface area contributed by atoms with Gasteiger partial charge < -0.3 is 9.47 Å². The van der Waals surface area contributed by atoms with Gasteiger partial charge in [0.05, 0.1) is 19.1 Å². The van der Waals surface area contributed by atoms with Crippen LogP contribution < -0.4 is 14.2 Å². The summed E-state index contributed by atoms with van der Waals surface area (Å²) < 4.78 is 38.9. The monoisotopic (exact) mass is 391 g/mol. The first-order valence-electron chi connectivity index (χ1n) is 9.20. The summed E-state index contributed by atoms with van der Waals surface area (Å²) >= 11 is 0. The first-order valence-corrected chi connectivity index (χ1v) is 10.7. The predicted molar refractivity (Wildman–Crippen MR) is 108 cm³/mol. The smallest absolute Gasteiger partial charge is 0.241 e. The van der Waals surface area contributed by atoms with Gasteiger partial charge >= 0.3 is 0 Å². The first kappa shape index (κ1) is 21.3. The van der Waals surface area contributed by atoms with Crippen LogP contribution in [0.2, 0.25) is 0 Å². The molecule has 27 heavy (non-hydrogen) atoms. The van der Waals surface area contributed by atoms with E-state index in [0.717, 1.165) is 12.0 Å². The molecule has 0 saturated heterocycles. The molecule has 148 valence electrons. The van der Waals surface area contributed by atoms with Crippen molar-refractivity contribution < 1.29 is 17.9 Å². The molecule has 0 aliphatic rings. The molecule has 0 radical (unpaired) electrons. The molecule has 0 heterocycles. The molecule has 0 amide bonds. The topological polar surface area (TPSA) is 64.6 Å². The van der Waals surface area contributed by atoms with Gasteiger partial charge in [-0.25, -0.2) is 13.1 Å². The molecule has 2 aromatic carbocycles. The van der Waals surface area contributed by atoms with Crippen molar-refractivity contribution in [1.29, 1.82) is 0 Å². The minimum absolute atomic E-state index is 0.148. The second-order valence-corrected chi connectivity index (χ2v) is 8.29. The lowest BCUT2D eigenvalue weighted by atomic mass is 9.96. The highest BCUT2D eigenvalue weighted by Crippen LogP contribution is 2.30. The van der Waals surface area contributed by atoms with Crippen molar-refractivity contribution in [2.45, 2.75) is 50.5 Å². The van der Waals surface area contributed by atoms with Crippen LogP contribution >= 0.6 is 0 Å². The molecule has 6 heteroatoms. The molecule has 0 aliphatic carbocycles. The van der Waals surface area contributed by atoms with E-state index in [1.54, 1.807) is 6.07 Å². The van der Waals surface area contributed by atoms with Crippen molar-refractivity contribution in [3.63, 3.8) is 0 Å². The van der Waals surface area contributed by atoms with Crippen molar-refractivity contribution >= 4 is 10.0 Å². The lowest BCUT2D eigenvalue weighted by Crippen LogP contribution is -2.28. The summed E-state index contributed by atoms with van der Waals surface area (Å²) in [6, 6.07) is 12.5. The summed E-state index contributed by atoms with van der Waals surface area (Å²) in [6.45, 7) is 6.31. The molecule has 2 aromatic rings. The summed E-state index contributed by atoms with van der Waals surface area (Å²) in [7, 11) is -0.698. The molecule has 1 N–H and O–H groups in total. The SMILES string of the molecule is CCC(C)c1ccc(C(CC)NS(=O)(=O)c2ccc(OC)c(OC)c2)cc1. The second kappa shape index (κ2) is 9.24. The van der Waals surface area contributed by atoms with E-state index in [4.69, 9.17) is 9.47 Å². The maximum Gasteiger partial charge on any atom is 0.241 e. The third-order valence-electron chi connectivity index (χ3n) is 4.89. The van der Waals surface area contributed by atoms with Gasteiger partial charge in [-0.3, -0.25) is 0 Å². The van der Waals surface area contributed by atoms with Gasteiger partial charge in [0.25, 0.3) is 0 Å². The Hall–Kier alpha value is -2.05. The normalized spacial score (nSPS) is 13.8. The van der Waals surface area contributed by atoms with Crippen LogP contribution in [0.4, 0.5) is 0 Å². The van der Waals surface area contributed by atoms with Crippen LogP contribution in [-0.2, 0) is 10.0 Å². The van der Waals surface area contributed by atoms with Crippen molar-refractivity contribution in [3.8, 4) is 11.5 Å². The van der Waals surface area contributed by atoms with E-state index in [1.165, 1.54) is 31.9 Å². The number of hydrogen-bond donors (Lipinski definition) is 1. The van der Waals surface area contributed by atoms with Crippen LogP contribution in [0.25, 0.3) is 0 Å². The van der Waals surface area contributed by atoms with E-state index < -0.39 is 10.0 Å². The summed E-state index contributed by atoms with van der Waals surface area (Å²) in [4.78, 5) is 0.148. The molecular formula is C21H29NO4S. The van der Waals surface area contributed by atoms with Gasteiger partial charge in [0.15, 0.2) is 11.5 Å². The van der Waals surface area contributed by atoms with Gasteiger partial charge in [-0.15, -0.1) is 0 Å². The fourth-order valence-corrected chi connectivity index (χ4v) is 4.24. The van der Waals surface area contributed by atoms with Gasteiger partial charge in [-0.05, 0) is 42.0 Å². The summed E-state index contributed by atoms with van der Waals surface area (Å²) in [6.07, 6.45) is 1.72. The maximum absolute atomic E-state index is 12.9. The molecule has 0 saturated carbocycles. The third-order valence-corrected chi connectivity index (χ3v) is 6.36. The summed E-state index contributed by atoms with van der Waals surface area (Å²) in [5, 5.41) is 0. The summed E-state index contributed by atoms with van der Waals surface area (Å²) in [5.41, 5.74) is 2.22. The zero-order chi connectivity index (χ0) is 20.0. The van der Waals surface area contributed by atoms with Crippen molar-refractivity contribution in [2.24, 2.45) is 0 Å². The van der Waals surface area contributed by atoms with Crippen LogP contribution in [-0.4, -0.2) is 22.6 Å². The van der Waals surface area contributed by atoms with E-state index in [9.17, 15) is 8.42 Å².